The van der Waals surface area contributed by atoms with E-state index in [1.54, 1.807) is 0 Å². The Bertz CT molecular complexity index is 129. The third kappa shape index (κ3) is 1.06. The molecule has 0 aromatic carbocycles. The number of carbonyl (C=O) groups excluding carboxylic acids is 1. The van der Waals surface area contributed by atoms with E-state index in [2.05, 4.69) is 0 Å². The highest BCUT2D eigenvalue weighted by atomic mass is 35.5. The summed E-state index contributed by atoms with van der Waals surface area (Å²) in [6.07, 6.45) is 2.15. The lowest BCUT2D eigenvalue weighted by molar-refractivity contribution is -0.132. The molecular formula is C7H11ClO2. The number of ether oxygens (including phenoxy) is 1. The van der Waals surface area contributed by atoms with Crippen LogP contribution in [0.1, 0.15) is 12.8 Å². The summed E-state index contributed by atoms with van der Waals surface area (Å²) in [5, 5.41) is 0. The first-order valence-electron chi connectivity index (χ1n) is 3.49. The van der Waals surface area contributed by atoms with Gasteiger partial charge in [-0.2, -0.15) is 0 Å². The van der Waals surface area contributed by atoms with E-state index in [-0.39, 0.29) is 24.2 Å². The van der Waals surface area contributed by atoms with E-state index in [0.29, 0.717) is 19.0 Å². The number of carbonyl (C=O) groups is 1. The summed E-state index contributed by atoms with van der Waals surface area (Å²) >= 11 is 0. The third-order valence-corrected chi connectivity index (χ3v) is 2.31. The van der Waals surface area contributed by atoms with Crippen LogP contribution in [0.5, 0.6) is 0 Å². The molecule has 0 spiro atoms. The van der Waals surface area contributed by atoms with Gasteiger partial charge in [-0.3, -0.25) is 4.79 Å². The number of rotatable bonds is 0. The lowest BCUT2D eigenvalue weighted by Gasteiger charge is -2.16. The smallest absolute Gasteiger partial charge is 0.143 e. The lowest BCUT2D eigenvalue weighted by atomic mass is 10.0. The summed E-state index contributed by atoms with van der Waals surface area (Å²) in [6, 6.07) is 0. The van der Waals surface area contributed by atoms with E-state index in [1.165, 1.54) is 0 Å². The van der Waals surface area contributed by atoms with Gasteiger partial charge in [0.05, 0.1) is 13.2 Å². The minimum absolute atomic E-state index is 0. The van der Waals surface area contributed by atoms with E-state index < -0.39 is 0 Å². The first-order valence-corrected chi connectivity index (χ1v) is 3.49. The molecule has 58 valence electrons. The van der Waals surface area contributed by atoms with E-state index in [0.717, 1.165) is 12.8 Å². The number of hydrogen-bond acceptors (Lipinski definition) is 2. The van der Waals surface area contributed by atoms with Gasteiger partial charge in [0, 0.05) is 11.8 Å². The van der Waals surface area contributed by atoms with E-state index >= 15 is 0 Å². The second kappa shape index (κ2) is 2.89. The van der Waals surface area contributed by atoms with Crippen LogP contribution in [0.15, 0.2) is 0 Å². The fourth-order valence-corrected chi connectivity index (χ4v) is 1.70. The van der Waals surface area contributed by atoms with Crippen molar-refractivity contribution in [3.8, 4) is 0 Å². The Morgan fingerprint density at radius 2 is 1.70 bits per heavy atom. The highest BCUT2D eigenvalue weighted by molar-refractivity contribution is 5.86. The summed E-state index contributed by atoms with van der Waals surface area (Å²) in [4.78, 5) is 11.1. The number of hydrogen-bond donors (Lipinski definition) is 0. The average molecular weight is 163 g/mol. The molecule has 3 heteroatoms. The van der Waals surface area contributed by atoms with Gasteiger partial charge < -0.3 is 4.74 Å². The van der Waals surface area contributed by atoms with E-state index in [4.69, 9.17) is 4.74 Å². The van der Waals surface area contributed by atoms with Crippen molar-refractivity contribution in [2.75, 3.05) is 13.2 Å². The molecule has 2 fully saturated rings. The van der Waals surface area contributed by atoms with Gasteiger partial charge in [-0.05, 0) is 12.8 Å². The van der Waals surface area contributed by atoms with Crippen molar-refractivity contribution in [3.63, 3.8) is 0 Å². The summed E-state index contributed by atoms with van der Waals surface area (Å²) in [7, 11) is 0. The zero-order valence-electron chi connectivity index (χ0n) is 5.71. The SMILES string of the molecule is Cl.O=C1C2CCC1COC2. The van der Waals surface area contributed by atoms with Gasteiger partial charge in [0.15, 0.2) is 0 Å². The second-order valence-corrected chi connectivity index (χ2v) is 2.91. The quantitative estimate of drug-likeness (QED) is 0.532. The van der Waals surface area contributed by atoms with Gasteiger partial charge in [-0.25, -0.2) is 0 Å². The summed E-state index contributed by atoms with van der Waals surface area (Å²) in [5.74, 6) is 0.994. The summed E-state index contributed by atoms with van der Waals surface area (Å²) in [5.41, 5.74) is 0. The van der Waals surface area contributed by atoms with E-state index in [9.17, 15) is 4.79 Å². The Labute approximate surface area is 66.3 Å². The zero-order valence-corrected chi connectivity index (χ0v) is 6.52. The van der Waals surface area contributed by atoms with Gasteiger partial charge in [0.1, 0.15) is 5.78 Å². The first kappa shape index (κ1) is 8.02. The topological polar surface area (TPSA) is 26.3 Å². The standard InChI is InChI=1S/C7H10O2.ClH/c8-7-5-1-2-6(7)4-9-3-5;/h5-6H,1-4H2;1H. The van der Waals surface area contributed by atoms with Crippen molar-refractivity contribution in [2.45, 2.75) is 12.8 Å². The molecule has 0 amide bonds. The third-order valence-electron chi connectivity index (χ3n) is 2.31. The molecule has 0 aromatic rings. The molecule has 2 bridgehead atoms. The Kier molecular flexibility index (Phi) is 2.32. The molecule has 2 rings (SSSR count). The highest BCUT2D eigenvalue weighted by Gasteiger charge is 2.37. The molecule has 1 aliphatic carbocycles. The van der Waals surface area contributed by atoms with Crippen LogP contribution in [0, 0.1) is 11.8 Å². The van der Waals surface area contributed by atoms with Crippen LogP contribution in [0.4, 0.5) is 0 Å². The average Bonchev–Trinajstić information content (AvgIpc) is 2.19. The molecule has 1 saturated carbocycles. The first-order chi connectivity index (χ1) is 4.38. The summed E-state index contributed by atoms with van der Waals surface area (Å²) < 4.78 is 5.21. The molecule has 10 heavy (non-hydrogen) atoms. The molecule has 1 saturated heterocycles. The van der Waals surface area contributed by atoms with Crippen LogP contribution < -0.4 is 0 Å². The van der Waals surface area contributed by atoms with Crippen molar-refractivity contribution >= 4 is 18.2 Å². The van der Waals surface area contributed by atoms with E-state index in [1.807, 2.05) is 0 Å². The molecule has 2 aliphatic rings. The Morgan fingerprint density at radius 3 is 2.10 bits per heavy atom. The predicted molar refractivity (Wildman–Crippen MR) is 39.3 cm³/mol. The van der Waals surface area contributed by atoms with Crippen LogP contribution in [-0.4, -0.2) is 19.0 Å². The minimum Gasteiger partial charge on any atom is -0.380 e. The van der Waals surface area contributed by atoms with Crippen LogP contribution in [0.3, 0.4) is 0 Å². The molecule has 2 nitrogen and oxygen atoms in total. The molecule has 0 N–H and O–H groups in total. The predicted octanol–water partition coefficient (Wildman–Crippen LogP) is 1.03. The van der Waals surface area contributed by atoms with Crippen molar-refractivity contribution in [1.29, 1.82) is 0 Å². The van der Waals surface area contributed by atoms with Gasteiger partial charge >= 0.3 is 0 Å². The number of ketones is 1. The largest absolute Gasteiger partial charge is 0.380 e. The van der Waals surface area contributed by atoms with Crippen molar-refractivity contribution in [1.82, 2.24) is 0 Å². The van der Waals surface area contributed by atoms with Gasteiger partial charge in [-0.1, -0.05) is 0 Å². The maximum atomic E-state index is 11.1. The van der Waals surface area contributed by atoms with Gasteiger partial charge in [-0.15, -0.1) is 12.4 Å². The molecule has 1 heterocycles. The number of Topliss-reactive ketones (excluding diaryl/α,β-unsaturated/α-hetero) is 1. The van der Waals surface area contributed by atoms with Crippen LogP contribution in [-0.2, 0) is 9.53 Å². The fraction of sp³-hybridized carbons (Fsp3) is 0.857. The van der Waals surface area contributed by atoms with Gasteiger partial charge in [0.25, 0.3) is 0 Å². The lowest BCUT2D eigenvalue weighted by Crippen LogP contribution is -2.28. The van der Waals surface area contributed by atoms with Crippen molar-refractivity contribution < 1.29 is 9.53 Å². The summed E-state index contributed by atoms with van der Waals surface area (Å²) in [6.45, 7) is 1.38. The highest BCUT2D eigenvalue weighted by Crippen LogP contribution is 2.31. The molecular weight excluding hydrogens is 152 g/mol. The van der Waals surface area contributed by atoms with Crippen LogP contribution in [0.2, 0.25) is 0 Å². The molecule has 0 aromatic heterocycles. The van der Waals surface area contributed by atoms with Crippen LogP contribution >= 0.6 is 12.4 Å². The fourth-order valence-electron chi connectivity index (χ4n) is 1.70. The Hall–Kier alpha value is -0.0800. The monoisotopic (exact) mass is 162 g/mol. The Morgan fingerprint density at radius 1 is 1.20 bits per heavy atom. The molecule has 2 unspecified atom stereocenters. The van der Waals surface area contributed by atoms with Gasteiger partial charge in [0.2, 0.25) is 0 Å². The molecule has 2 atom stereocenters. The second-order valence-electron chi connectivity index (χ2n) is 2.91. The van der Waals surface area contributed by atoms with Crippen molar-refractivity contribution in [2.24, 2.45) is 11.8 Å². The molecule has 1 aliphatic heterocycles. The minimum atomic E-state index is 0. The normalized spacial score (nSPS) is 37.4. The Balaban J connectivity index is 0.000000500. The maximum Gasteiger partial charge on any atom is 0.143 e. The van der Waals surface area contributed by atoms with Crippen molar-refractivity contribution in [3.05, 3.63) is 0 Å². The van der Waals surface area contributed by atoms with Crippen LogP contribution in [0.25, 0.3) is 0 Å². The zero-order chi connectivity index (χ0) is 6.27. The number of halogens is 1. The molecule has 0 radical (unpaired) electrons. The number of fused-ring (bicyclic) bond motifs is 2. The maximum absolute atomic E-state index is 11.1.